The quantitative estimate of drug-likeness (QED) is 0.726. The predicted octanol–water partition coefficient (Wildman–Crippen LogP) is 4.05. The maximum absolute atomic E-state index is 12.1. The van der Waals surface area contributed by atoms with E-state index in [1.54, 1.807) is 12.1 Å². The smallest absolute Gasteiger partial charge is 0.259 e. The van der Waals surface area contributed by atoms with Crippen LogP contribution in [0.4, 0.5) is 5.13 Å². The molecule has 0 unspecified atom stereocenters. The summed E-state index contributed by atoms with van der Waals surface area (Å²) >= 11 is 4.67. The fourth-order valence-corrected chi connectivity index (χ4v) is 2.57. The van der Waals surface area contributed by atoms with E-state index in [0.717, 1.165) is 9.48 Å². The molecule has 116 valence electrons. The molecule has 0 aliphatic rings. The van der Waals surface area contributed by atoms with Gasteiger partial charge in [-0.15, -0.1) is 10.2 Å². The monoisotopic (exact) mass is 390 g/mol. The fourth-order valence-electron chi connectivity index (χ4n) is 1.71. The van der Waals surface area contributed by atoms with E-state index in [9.17, 15) is 4.79 Å². The zero-order valence-corrected chi connectivity index (χ0v) is 14.4. The summed E-state index contributed by atoms with van der Waals surface area (Å²) in [6.07, 6.45) is 1.46. The molecule has 0 atom stereocenters. The lowest BCUT2D eigenvalue weighted by atomic mass is 10.3. The zero-order valence-electron chi connectivity index (χ0n) is 12.0. The van der Waals surface area contributed by atoms with Gasteiger partial charge in [0, 0.05) is 16.7 Å². The first-order valence-corrected chi connectivity index (χ1v) is 8.22. The summed E-state index contributed by atoms with van der Waals surface area (Å²) < 4.78 is 6.57. The van der Waals surface area contributed by atoms with Crippen molar-refractivity contribution in [3.05, 3.63) is 57.6 Å². The Morgan fingerprint density at radius 2 is 1.96 bits per heavy atom. The Labute approximate surface area is 144 Å². The normalized spacial score (nSPS) is 10.3. The highest BCUT2D eigenvalue weighted by atomic mass is 79.9. The minimum atomic E-state index is -0.288. The molecule has 6 nitrogen and oxygen atoms in total. The van der Waals surface area contributed by atoms with E-state index >= 15 is 0 Å². The molecule has 0 aliphatic heterocycles. The number of aryl methyl sites for hydroxylation is 1. The second kappa shape index (κ2) is 6.84. The molecule has 1 amide bonds. The van der Waals surface area contributed by atoms with Crippen molar-refractivity contribution in [2.24, 2.45) is 0 Å². The number of amides is 1. The van der Waals surface area contributed by atoms with Crippen LogP contribution in [0.1, 0.15) is 15.4 Å². The van der Waals surface area contributed by atoms with Gasteiger partial charge in [-0.2, -0.15) is 0 Å². The number of benzene rings is 1. The summed E-state index contributed by atoms with van der Waals surface area (Å²) in [6.45, 7) is 1.82. The van der Waals surface area contributed by atoms with Gasteiger partial charge < -0.3 is 4.74 Å². The van der Waals surface area contributed by atoms with Crippen LogP contribution in [-0.2, 0) is 0 Å². The van der Waals surface area contributed by atoms with E-state index in [1.807, 2.05) is 31.2 Å². The average Bonchev–Trinajstić information content (AvgIpc) is 2.95. The SMILES string of the molecule is Cc1nnc(NC(=O)c2ccc(Oc3ccc(Br)cc3)nc2)s1. The summed E-state index contributed by atoms with van der Waals surface area (Å²) in [7, 11) is 0. The van der Waals surface area contributed by atoms with E-state index < -0.39 is 0 Å². The van der Waals surface area contributed by atoms with Crippen molar-refractivity contribution in [1.82, 2.24) is 15.2 Å². The highest BCUT2D eigenvalue weighted by Crippen LogP contribution is 2.22. The van der Waals surface area contributed by atoms with E-state index in [-0.39, 0.29) is 5.91 Å². The number of pyridine rings is 1. The Morgan fingerprint density at radius 1 is 1.17 bits per heavy atom. The van der Waals surface area contributed by atoms with Gasteiger partial charge >= 0.3 is 0 Å². The van der Waals surface area contributed by atoms with Crippen LogP contribution in [0.25, 0.3) is 0 Å². The number of carbonyl (C=O) groups excluding carboxylic acids is 1. The fraction of sp³-hybridized carbons (Fsp3) is 0.0667. The molecule has 3 rings (SSSR count). The largest absolute Gasteiger partial charge is 0.439 e. The molecular weight excluding hydrogens is 380 g/mol. The van der Waals surface area contributed by atoms with Gasteiger partial charge in [0.15, 0.2) is 0 Å². The van der Waals surface area contributed by atoms with Gasteiger partial charge in [-0.05, 0) is 37.3 Å². The summed E-state index contributed by atoms with van der Waals surface area (Å²) in [5.41, 5.74) is 0.418. The molecule has 0 fully saturated rings. The number of hydrogen-bond acceptors (Lipinski definition) is 6. The number of rotatable bonds is 4. The van der Waals surface area contributed by atoms with Gasteiger partial charge in [0.05, 0.1) is 5.56 Å². The van der Waals surface area contributed by atoms with Crippen molar-refractivity contribution in [2.45, 2.75) is 6.92 Å². The standard InChI is InChI=1S/C15H11BrN4O2S/c1-9-19-20-15(23-9)18-14(21)10-2-7-13(17-8-10)22-12-5-3-11(16)4-6-12/h2-8H,1H3,(H,18,20,21). The van der Waals surface area contributed by atoms with Crippen LogP contribution in [0.3, 0.4) is 0 Å². The van der Waals surface area contributed by atoms with Gasteiger partial charge in [-0.1, -0.05) is 27.3 Å². The first-order chi connectivity index (χ1) is 11.1. The number of nitrogens with zero attached hydrogens (tertiary/aromatic N) is 3. The summed E-state index contributed by atoms with van der Waals surface area (Å²) in [5.74, 6) is 0.793. The molecule has 1 aromatic carbocycles. The number of nitrogens with one attached hydrogen (secondary N) is 1. The lowest BCUT2D eigenvalue weighted by Gasteiger charge is -2.05. The molecule has 2 aromatic heterocycles. The van der Waals surface area contributed by atoms with Crippen LogP contribution in [0, 0.1) is 6.92 Å². The first kappa shape index (κ1) is 15.6. The molecule has 0 bridgehead atoms. The molecule has 8 heteroatoms. The lowest BCUT2D eigenvalue weighted by Crippen LogP contribution is -2.12. The molecule has 2 heterocycles. The number of aromatic nitrogens is 3. The van der Waals surface area contributed by atoms with E-state index in [2.05, 4.69) is 36.4 Å². The minimum Gasteiger partial charge on any atom is -0.439 e. The topological polar surface area (TPSA) is 77.0 Å². The van der Waals surface area contributed by atoms with Gasteiger partial charge in [-0.25, -0.2) is 4.98 Å². The van der Waals surface area contributed by atoms with Crippen LogP contribution < -0.4 is 10.1 Å². The predicted molar refractivity (Wildman–Crippen MR) is 91.1 cm³/mol. The molecule has 0 aliphatic carbocycles. The molecule has 0 spiro atoms. The molecule has 0 radical (unpaired) electrons. The Balaban J connectivity index is 1.66. The second-order valence-corrected chi connectivity index (χ2v) is 6.62. The summed E-state index contributed by atoms with van der Waals surface area (Å²) in [4.78, 5) is 16.2. The van der Waals surface area contributed by atoms with Gasteiger partial charge in [-0.3, -0.25) is 10.1 Å². The highest BCUT2D eigenvalue weighted by Gasteiger charge is 2.10. The van der Waals surface area contributed by atoms with Gasteiger partial charge in [0.2, 0.25) is 11.0 Å². The third-order valence-electron chi connectivity index (χ3n) is 2.78. The highest BCUT2D eigenvalue weighted by molar-refractivity contribution is 9.10. The Bertz CT molecular complexity index is 818. The zero-order chi connectivity index (χ0) is 16.2. The number of ether oxygens (including phenoxy) is 1. The molecule has 0 saturated carbocycles. The molecule has 1 N–H and O–H groups in total. The van der Waals surface area contributed by atoms with Gasteiger partial charge in [0.1, 0.15) is 10.8 Å². The van der Waals surface area contributed by atoms with Gasteiger partial charge in [0.25, 0.3) is 5.91 Å². The van der Waals surface area contributed by atoms with Crippen molar-refractivity contribution in [3.8, 4) is 11.6 Å². The Morgan fingerprint density at radius 3 is 2.57 bits per heavy atom. The van der Waals surface area contributed by atoms with Crippen molar-refractivity contribution >= 4 is 38.3 Å². The maximum atomic E-state index is 12.1. The molecule has 0 saturated heterocycles. The first-order valence-electron chi connectivity index (χ1n) is 6.61. The minimum absolute atomic E-state index is 0.288. The number of anilines is 1. The van der Waals surface area contributed by atoms with Crippen LogP contribution in [0.15, 0.2) is 47.1 Å². The second-order valence-electron chi connectivity index (χ2n) is 4.52. The number of carbonyl (C=O) groups is 1. The number of halogens is 1. The van der Waals surface area contributed by atoms with Crippen LogP contribution in [0.2, 0.25) is 0 Å². The van der Waals surface area contributed by atoms with Crippen molar-refractivity contribution in [3.63, 3.8) is 0 Å². The van der Waals surface area contributed by atoms with E-state index in [1.165, 1.54) is 17.5 Å². The Hall–Kier alpha value is -2.32. The van der Waals surface area contributed by atoms with Crippen molar-refractivity contribution < 1.29 is 9.53 Å². The molecule has 3 aromatic rings. The summed E-state index contributed by atoms with van der Waals surface area (Å²) in [6, 6.07) is 10.7. The van der Waals surface area contributed by atoms with Crippen LogP contribution in [0.5, 0.6) is 11.6 Å². The maximum Gasteiger partial charge on any atom is 0.259 e. The lowest BCUT2D eigenvalue weighted by molar-refractivity contribution is 0.102. The van der Waals surface area contributed by atoms with E-state index in [0.29, 0.717) is 22.3 Å². The van der Waals surface area contributed by atoms with E-state index in [4.69, 9.17) is 4.74 Å². The summed E-state index contributed by atoms with van der Waals surface area (Å²) in [5, 5.41) is 11.6. The van der Waals surface area contributed by atoms with Crippen molar-refractivity contribution in [2.75, 3.05) is 5.32 Å². The average molecular weight is 391 g/mol. The number of hydrogen-bond donors (Lipinski definition) is 1. The van der Waals surface area contributed by atoms with Crippen molar-refractivity contribution in [1.29, 1.82) is 0 Å². The molecule has 23 heavy (non-hydrogen) atoms. The van der Waals surface area contributed by atoms with Crippen LogP contribution in [-0.4, -0.2) is 21.1 Å². The molecular formula is C15H11BrN4O2S. The third kappa shape index (κ3) is 4.11. The van der Waals surface area contributed by atoms with Crippen LogP contribution >= 0.6 is 27.3 Å². The third-order valence-corrected chi connectivity index (χ3v) is 4.06. The Kier molecular flexibility index (Phi) is 4.63.